The molecule has 1 aromatic carbocycles. The number of rotatable bonds is 0. The second-order valence-electron chi connectivity index (χ2n) is 3.25. The van der Waals surface area contributed by atoms with E-state index in [0.29, 0.717) is 9.99 Å². The quantitative estimate of drug-likeness (QED) is 0.796. The number of fused-ring (bicyclic) bond motifs is 1. The van der Waals surface area contributed by atoms with Crippen molar-refractivity contribution in [1.29, 1.82) is 0 Å². The topological polar surface area (TPSA) is 50.2 Å². The second kappa shape index (κ2) is 3.62. The van der Waals surface area contributed by atoms with Gasteiger partial charge < -0.3 is 5.11 Å². The van der Waals surface area contributed by atoms with Crippen LogP contribution < -0.4 is 5.43 Å². The van der Waals surface area contributed by atoms with Crippen molar-refractivity contribution in [2.24, 2.45) is 0 Å². The first-order chi connectivity index (χ1) is 7.09. The molecule has 1 aromatic heterocycles. The van der Waals surface area contributed by atoms with E-state index in [2.05, 4.69) is 20.9 Å². The highest BCUT2D eigenvalue weighted by Gasteiger charge is 2.06. The van der Waals surface area contributed by atoms with Crippen LogP contribution in [-0.2, 0) is 0 Å². The van der Waals surface area contributed by atoms with Crippen LogP contribution in [0.4, 0.5) is 0 Å². The van der Waals surface area contributed by atoms with Crippen molar-refractivity contribution in [2.45, 2.75) is 6.92 Å². The molecule has 0 fully saturated rings. The molecule has 0 atom stereocenters. The largest absolute Gasteiger partial charge is 0.503 e. The summed E-state index contributed by atoms with van der Waals surface area (Å²) in [6, 6.07) is 6.57. The number of hydrogen-bond donors (Lipinski definition) is 1. The zero-order chi connectivity index (χ0) is 11.0. The molecular weight excluding hydrogens is 258 g/mol. The minimum absolute atomic E-state index is 0.282. The summed E-state index contributed by atoms with van der Waals surface area (Å²) >= 11 is 3.20. The number of aromatic hydroxyl groups is 1. The second-order valence-corrected chi connectivity index (χ2v) is 4.04. The van der Waals surface area contributed by atoms with Crippen LogP contribution in [0.5, 0.6) is 5.75 Å². The molecule has 0 saturated carbocycles. The van der Waals surface area contributed by atoms with Crippen molar-refractivity contribution in [3.63, 3.8) is 0 Å². The normalized spacial score (nSPS) is 10.5. The maximum Gasteiger partial charge on any atom is 0.221 e. The van der Waals surface area contributed by atoms with Crippen LogP contribution in [0, 0.1) is 6.92 Å². The van der Waals surface area contributed by atoms with Crippen molar-refractivity contribution >= 4 is 26.8 Å². The Morgan fingerprint density at radius 2 is 2.00 bits per heavy atom. The summed E-state index contributed by atoms with van der Waals surface area (Å²) in [7, 11) is 0. The zero-order valence-corrected chi connectivity index (χ0v) is 9.58. The fraction of sp³-hybridized carbons (Fsp3) is 0.0909. The molecular formula is C11H8BrNO2. The van der Waals surface area contributed by atoms with Gasteiger partial charge in [-0.15, -0.1) is 0 Å². The predicted octanol–water partition coefficient (Wildman–Crippen LogP) is 2.37. The van der Waals surface area contributed by atoms with E-state index < -0.39 is 5.43 Å². The summed E-state index contributed by atoms with van der Waals surface area (Å²) in [5.41, 5.74) is 1.13. The van der Waals surface area contributed by atoms with E-state index >= 15 is 0 Å². The summed E-state index contributed by atoms with van der Waals surface area (Å²) in [5, 5.41) is 10.3. The molecule has 0 aliphatic carbocycles. The molecule has 0 bridgehead atoms. The first kappa shape index (κ1) is 10.1. The van der Waals surface area contributed by atoms with Crippen LogP contribution in [-0.4, -0.2) is 10.1 Å². The highest BCUT2D eigenvalue weighted by atomic mass is 79.9. The third-order valence-electron chi connectivity index (χ3n) is 2.13. The van der Waals surface area contributed by atoms with E-state index in [0.717, 1.165) is 11.1 Å². The van der Waals surface area contributed by atoms with Gasteiger partial charge in [-0.1, -0.05) is 0 Å². The van der Waals surface area contributed by atoms with Gasteiger partial charge >= 0.3 is 0 Å². The van der Waals surface area contributed by atoms with E-state index in [-0.39, 0.29) is 5.75 Å². The number of halogens is 1. The van der Waals surface area contributed by atoms with Crippen LogP contribution in [0.3, 0.4) is 0 Å². The highest BCUT2D eigenvalue weighted by Crippen LogP contribution is 2.27. The fourth-order valence-corrected chi connectivity index (χ4v) is 1.89. The number of nitrogens with zero attached hydrogens (tertiary/aromatic N) is 1. The SMILES string of the molecule is Cc1ccc2c(Br)c(O)c(=O)ccc2n1. The standard InChI is InChI=1S/C11H8BrNO2/c1-6-2-3-7-8(13-6)4-5-9(14)11(15)10(7)12/h2-5H,1H3,(H,14,15). The molecule has 3 nitrogen and oxygen atoms in total. The Labute approximate surface area is 94.5 Å². The lowest BCUT2D eigenvalue weighted by Gasteiger charge is -1.97. The van der Waals surface area contributed by atoms with Crippen molar-refractivity contribution in [2.75, 3.05) is 0 Å². The van der Waals surface area contributed by atoms with Crippen LogP contribution in [0.25, 0.3) is 10.9 Å². The van der Waals surface area contributed by atoms with Crippen LogP contribution in [0.1, 0.15) is 5.69 Å². The molecule has 0 spiro atoms. The van der Waals surface area contributed by atoms with Crippen molar-refractivity contribution in [3.05, 3.63) is 44.7 Å². The monoisotopic (exact) mass is 265 g/mol. The van der Waals surface area contributed by atoms with Gasteiger partial charge in [0.05, 0.1) is 9.99 Å². The molecule has 15 heavy (non-hydrogen) atoms. The van der Waals surface area contributed by atoms with Gasteiger partial charge in [-0.25, -0.2) is 0 Å². The van der Waals surface area contributed by atoms with Crippen LogP contribution >= 0.6 is 15.9 Å². The van der Waals surface area contributed by atoms with Gasteiger partial charge in [0, 0.05) is 11.1 Å². The third-order valence-corrected chi connectivity index (χ3v) is 2.94. The van der Waals surface area contributed by atoms with Gasteiger partial charge in [-0.05, 0) is 47.1 Å². The summed E-state index contributed by atoms with van der Waals surface area (Å²) in [5.74, 6) is -0.282. The Morgan fingerprint density at radius 3 is 2.73 bits per heavy atom. The van der Waals surface area contributed by atoms with Gasteiger partial charge in [0.2, 0.25) is 5.43 Å². The Kier molecular flexibility index (Phi) is 2.44. The average Bonchev–Trinajstić information content (AvgIpc) is 2.32. The van der Waals surface area contributed by atoms with E-state index in [1.54, 1.807) is 6.07 Å². The molecule has 1 N–H and O–H groups in total. The van der Waals surface area contributed by atoms with Gasteiger partial charge in [0.25, 0.3) is 0 Å². The molecule has 4 heteroatoms. The first-order valence-electron chi connectivity index (χ1n) is 4.39. The lowest BCUT2D eigenvalue weighted by molar-refractivity contribution is 0.468. The van der Waals surface area contributed by atoms with Gasteiger partial charge in [-0.3, -0.25) is 9.78 Å². The van der Waals surface area contributed by atoms with Crippen molar-refractivity contribution in [1.82, 2.24) is 4.98 Å². The van der Waals surface area contributed by atoms with Crippen LogP contribution in [0.15, 0.2) is 33.5 Å². The van der Waals surface area contributed by atoms with Crippen LogP contribution in [0.2, 0.25) is 0 Å². The summed E-state index contributed by atoms with van der Waals surface area (Å²) in [6.45, 7) is 1.87. The van der Waals surface area contributed by atoms with Gasteiger partial charge in [0.1, 0.15) is 0 Å². The first-order valence-corrected chi connectivity index (χ1v) is 5.18. The molecule has 2 aromatic rings. The Bertz CT molecular complexity index is 596. The van der Waals surface area contributed by atoms with E-state index in [1.807, 2.05) is 19.1 Å². The molecule has 0 unspecified atom stereocenters. The molecule has 76 valence electrons. The molecule has 0 aliphatic rings. The highest BCUT2D eigenvalue weighted by molar-refractivity contribution is 9.10. The van der Waals surface area contributed by atoms with Crippen molar-refractivity contribution < 1.29 is 5.11 Å². The zero-order valence-electron chi connectivity index (χ0n) is 7.99. The fourth-order valence-electron chi connectivity index (χ4n) is 1.36. The molecule has 2 rings (SSSR count). The van der Waals surface area contributed by atoms with Crippen molar-refractivity contribution in [3.8, 4) is 5.75 Å². The lowest BCUT2D eigenvalue weighted by Crippen LogP contribution is -1.92. The summed E-state index contributed by atoms with van der Waals surface area (Å²) < 4.78 is 0.389. The summed E-state index contributed by atoms with van der Waals surface area (Å²) in [4.78, 5) is 15.6. The number of hydrogen-bond acceptors (Lipinski definition) is 3. The molecule has 1 heterocycles. The smallest absolute Gasteiger partial charge is 0.221 e. The third kappa shape index (κ3) is 1.72. The number of aryl methyl sites for hydroxylation is 1. The molecule has 0 amide bonds. The van der Waals surface area contributed by atoms with Gasteiger partial charge in [0.15, 0.2) is 5.75 Å². The number of aromatic nitrogens is 1. The average molecular weight is 266 g/mol. The maximum absolute atomic E-state index is 11.3. The molecule has 0 saturated heterocycles. The molecule has 0 radical (unpaired) electrons. The predicted molar refractivity (Wildman–Crippen MR) is 62.1 cm³/mol. The lowest BCUT2D eigenvalue weighted by atomic mass is 10.2. The maximum atomic E-state index is 11.3. The van der Waals surface area contributed by atoms with Gasteiger partial charge in [-0.2, -0.15) is 0 Å². The van der Waals surface area contributed by atoms with E-state index in [4.69, 9.17) is 0 Å². The minimum atomic E-state index is -0.419. The Hall–Kier alpha value is -1.42. The summed E-state index contributed by atoms with van der Waals surface area (Å²) in [6.07, 6.45) is 0. The van der Waals surface area contributed by atoms with E-state index in [1.165, 1.54) is 6.07 Å². The minimum Gasteiger partial charge on any atom is -0.503 e. The molecule has 0 aliphatic heterocycles. The number of pyridine rings is 1. The Balaban J connectivity index is 3.03. The van der Waals surface area contributed by atoms with E-state index in [9.17, 15) is 9.90 Å². The Morgan fingerprint density at radius 1 is 1.27 bits per heavy atom.